The van der Waals surface area contributed by atoms with Crippen molar-refractivity contribution in [2.45, 2.75) is 17.6 Å². The topological polar surface area (TPSA) is 96.1 Å². The summed E-state index contributed by atoms with van der Waals surface area (Å²) in [6.45, 7) is 2.09. The van der Waals surface area contributed by atoms with Gasteiger partial charge in [-0.25, -0.2) is 4.98 Å². The van der Waals surface area contributed by atoms with Crippen molar-refractivity contribution < 1.29 is 14.3 Å². The molecule has 98 valence electrons. The van der Waals surface area contributed by atoms with Gasteiger partial charge < -0.3 is 20.4 Å². The molecule has 1 aromatic rings. The molecule has 1 aliphatic heterocycles. The fourth-order valence-corrected chi connectivity index (χ4v) is 2.29. The molecule has 2 rings (SSSR count). The number of thioether (sulfide) groups is 1. The maximum Gasteiger partial charge on any atom is 0.316 e. The van der Waals surface area contributed by atoms with Gasteiger partial charge in [0, 0.05) is 0 Å². The number of nitrogens with zero attached hydrogens (tertiary/aromatic N) is 1. The molecule has 1 aromatic heterocycles. The molecule has 0 bridgehead atoms. The van der Waals surface area contributed by atoms with Gasteiger partial charge in [-0.15, -0.1) is 12.6 Å². The number of ether oxygens (including phenoxy) is 1. The predicted octanol–water partition coefficient (Wildman–Crippen LogP) is 0.434. The SMILES string of the molecule is CCOC(=O)CSc1nc2c([nH]1)C(=O)NC(S)N2. The summed E-state index contributed by atoms with van der Waals surface area (Å²) in [5.41, 5.74) is -0.122. The fraction of sp³-hybridized carbons (Fsp3) is 0.444. The van der Waals surface area contributed by atoms with E-state index in [4.69, 9.17) is 4.74 Å². The van der Waals surface area contributed by atoms with Gasteiger partial charge in [0.05, 0.1) is 12.4 Å². The molecular weight excluding hydrogens is 276 g/mol. The molecule has 18 heavy (non-hydrogen) atoms. The molecular formula is C9H12N4O3S2. The van der Waals surface area contributed by atoms with Crippen LogP contribution in [0.25, 0.3) is 0 Å². The normalized spacial score (nSPS) is 17.7. The van der Waals surface area contributed by atoms with E-state index in [2.05, 4.69) is 33.2 Å². The van der Waals surface area contributed by atoms with Crippen molar-refractivity contribution in [3.63, 3.8) is 0 Å². The molecule has 9 heteroatoms. The predicted molar refractivity (Wildman–Crippen MR) is 69.8 cm³/mol. The van der Waals surface area contributed by atoms with E-state index < -0.39 is 5.50 Å². The highest BCUT2D eigenvalue weighted by atomic mass is 32.2. The van der Waals surface area contributed by atoms with Gasteiger partial charge in [0.2, 0.25) is 0 Å². The second-order valence-electron chi connectivity index (χ2n) is 3.38. The molecule has 7 nitrogen and oxygen atoms in total. The zero-order chi connectivity index (χ0) is 13.1. The second-order valence-corrected chi connectivity index (χ2v) is 4.86. The molecule has 0 aromatic carbocycles. The Labute approximate surface area is 113 Å². The summed E-state index contributed by atoms with van der Waals surface area (Å²) in [6.07, 6.45) is 0. The first kappa shape index (κ1) is 13.1. The summed E-state index contributed by atoms with van der Waals surface area (Å²) in [4.78, 5) is 29.8. The minimum Gasteiger partial charge on any atom is -0.465 e. The zero-order valence-electron chi connectivity index (χ0n) is 9.52. The number of amides is 1. The van der Waals surface area contributed by atoms with E-state index in [1.165, 1.54) is 11.8 Å². The van der Waals surface area contributed by atoms with Gasteiger partial charge in [-0.3, -0.25) is 9.59 Å². The average Bonchev–Trinajstić information content (AvgIpc) is 2.70. The molecule has 0 radical (unpaired) electrons. The molecule has 0 saturated heterocycles. The Morgan fingerprint density at radius 2 is 2.33 bits per heavy atom. The lowest BCUT2D eigenvalue weighted by Gasteiger charge is -2.19. The van der Waals surface area contributed by atoms with Crippen LogP contribution in [0.1, 0.15) is 17.4 Å². The molecule has 1 aliphatic rings. The van der Waals surface area contributed by atoms with Gasteiger partial charge in [0.15, 0.2) is 11.0 Å². The fourth-order valence-electron chi connectivity index (χ4n) is 1.38. The van der Waals surface area contributed by atoms with Crippen molar-refractivity contribution in [3.8, 4) is 0 Å². The van der Waals surface area contributed by atoms with Crippen molar-refractivity contribution in [2.75, 3.05) is 17.7 Å². The Bertz CT molecular complexity index is 476. The Balaban J connectivity index is 2.02. The van der Waals surface area contributed by atoms with E-state index in [9.17, 15) is 9.59 Å². The third-order valence-electron chi connectivity index (χ3n) is 2.08. The molecule has 0 fully saturated rings. The Morgan fingerprint density at radius 3 is 3.06 bits per heavy atom. The highest BCUT2D eigenvalue weighted by molar-refractivity contribution is 7.99. The van der Waals surface area contributed by atoms with Crippen molar-refractivity contribution in [1.82, 2.24) is 15.3 Å². The number of aromatic nitrogens is 2. The smallest absolute Gasteiger partial charge is 0.316 e. The number of rotatable bonds is 4. The standard InChI is InChI=1S/C9H12N4O3S2/c1-2-16-4(14)3-18-9-10-5-6(12-9)11-8(17)13-7(5)15/h8,11,17H,2-3H2,1H3,(H,10,12)(H,13,15). The number of imidazole rings is 1. The van der Waals surface area contributed by atoms with Crippen LogP contribution >= 0.6 is 24.4 Å². The Morgan fingerprint density at radius 1 is 1.56 bits per heavy atom. The van der Waals surface area contributed by atoms with Crippen molar-refractivity contribution in [3.05, 3.63) is 5.69 Å². The molecule has 0 aliphatic carbocycles. The van der Waals surface area contributed by atoms with Crippen LogP contribution in [0.4, 0.5) is 5.82 Å². The van der Waals surface area contributed by atoms with Crippen LogP contribution in [-0.2, 0) is 9.53 Å². The van der Waals surface area contributed by atoms with Crippen molar-refractivity contribution in [1.29, 1.82) is 0 Å². The van der Waals surface area contributed by atoms with Crippen LogP contribution in [0.15, 0.2) is 5.16 Å². The van der Waals surface area contributed by atoms with Gasteiger partial charge in [0.25, 0.3) is 5.91 Å². The number of carbonyl (C=O) groups is 2. The van der Waals surface area contributed by atoms with E-state index in [0.717, 1.165) is 0 Å². The summed E-state index contributed by atoms with van der Waals surface area (Å²) < 4.78 is 4.80. The van der Waals surface area contributed by atoms with Gasteiger partial charge in [-0.1, -0.05) is 11.8 Å². The number of aromatic amines is 1. The number of esters is 1. The Hall–Kier alpha value is -1.35. The molecule has 3 N–H and O–H groups in total. The summed E-state index contributed by atoms with van der Waals surface area (Å²) >= 11 is 5.27. The minimum atomic E-state index is -0.462. The lowest BCUT2D eigenvalue weighted by Crippen LogP contribution is -2.41. The number of anilines is 1. The van der Waals surface area contributed by atoms with E-state index in [-0.39, 0.29) is 17.6 Å². The number of nitrogens with one attached hydrogen (secondary N) is 3. The molecule has 1 unspecified atom stereocenters. The molecule has 0 saturated carbocycles. The highest BCUT2D eigenvalue weighted by Gasteiger charge is 2.25. The maximum absolute atomic E-state index is 11.6. The van der Waals surface area contributed by atoms with Gasteiger partial charge in [0.1, 0.15) is 11.2 Å². The number of thiol groups is 1. The van der Waals surface area contributed by atoms with E-state index in [0.29, 0.717) is 23.3 Å². The molecule has 0 spiro atoms. The van der Waals surface area contributed by atoms with E-state index in [1.807, 2.05) is 0 Å². The van der Waals surface area contributed by atoms with Crippen LogP contribution in [0.2, 0.25) is 0 Å². The largest absolute Gasteiger partial charge is 0.465 e. The summed E-state index contributed by atoms with van der Waals surface area (Å²) in [5.74, 6) is -0.0164. The molecule has 1 amide bonds. The minimum absolute atomic E-state index is 0.145. The lowest BCUT2D eigenvalue weighted by atomic mass is 10.3. The number of fused-ring (bicyclic) bond motifs is 1. The first-order valence-corrected chi connectivity index (χ1v) is 6.74. The number of hydrogen-bond donors (Lipinski definition) is 4. The van der Waals surface area contributed by atoms with Crippen LogP contribution in [0, 0.1) is 0 Å². The van der Waals surface area contributed by atoms with Gasteiger partial charge in [-0.2, -0.15) is 0 Å². The summed E-state index contributed by atoms with van der Waals surface area (Å²) in [5, 5.41) is 5.94. The van der Waals surface area contributed by atoms with Crippen LogP contribution < -0.4 is 10.6 Å². The van der Waals surface area contributed by atoms with Crippen molar-refractivity contribution >= 4 is 42.1 Å². The molecule has 1 atom stereocenters. The zero-order valence-corrected chi connectivity index (χ0v) is 11.2. The molecule has 2 heterocycles. The second kappa shape index (κ2) is 5.53. The van der Waals surface area contributed by atoms with Gasteiger partial charge >= 0.3 is 5.97 Å². The monoisotopic (exact) mass is 288 g/mol. The highest BCUT2D eigenvalue weighted by Crippen LogP contribution is 2.23. The number of carbonyl (C=O) groups excluding carboxylic acids is 2. The average molecular weight is 288 g/mol. The van der Waals surface area contributed by atoms with Crippen molar-refractivity contribution in [2.24, 2.45) is 0 Å². The number of hydrogen-bond acceptors (Lipinski definition) is 7. The number of H-pyrrole nitrogens is 1. The third kappa shape index (κ3) is 2.91. The summed E-state index contributed by atoms with van der Waals surface area (Å²) in [7, 11) is 0. The first-order valence-electron chi connectivity index (χ1n) is 5.24. The Kier molecular flexibility index (Phi) is 4.02. The van der Waals surface area contributed by atoms with Crippen LogP contribution in [-0.4, -0.2) is 39.7 Å². The van der Waals surface area contributed by atoms with Crippen LogP contribution in [0.5, 0.6) is 0 Å². The quantitative estimate of drug-likeness (QED) is 0.365. The maximum atomic E-state index is 11.6. The van der Waals surface area contributed by atoms with E-state index in [1.54, 1.807) is 6.92 Å². The van der Waals surface area contributed by atoms with Gasteiger partial charge in [-0.05, 0) is 6.92 Å². The summed E-state index contributed by atoms with van der Waals surface area (Å²) in [6, 6.07) is 0. The van der Waals surface area contributed by atoms with Crippen LogP contribution in [0.3, 0.4) is 0 Å². The third-order valence-corrected chi connectivity index (χ3v) is 3.19. The van der Waals surface area contributed by atoms with E-state index >= 15 is 0 Å². The lowest BCUT2D eigenvalue weighted by molar-refractivity contribution is -0.139. The first-order chi connectivity index (χ1) is 8.60.